The Kier molecular flexibility index (Phi) is 4.75. The van der Waals surface area contributed by atoms with Gasteiger partial charge in [-0.3, -0.25) is 0 Å². The normalized spacial score (nSPS) is 19.7. The van der Waals surface area contributed by atoms with Crippen LogP contribution >= 0.6 is 11.8 Å². The summed E-state index contributed by atoms with van der Waals surface area (Å²) in [7, 11) is 1.37. The third kappa shape index (κ3) is 3.00. The van der Waals surface area contributed by atoms with Crippen molar-refractivity contribution in [3.05, 3.63) is 96.1 Å². The van der Waals surface area contributed by atoms with Crippen molar-refractivity contribution in [2.75, 3.05) is 17.1 Å². The summed E-state index contributed by atoms with van der Waals surface area (Å²) in [5.41, 5.74) is 4.66. The van der Waals surface area contributed by atoms with E-state index in [0.717, 1.165) is 28.2 Å². The lowest BCUT2D eigenvalue weighted by Gasteiger charge is -2.46. The number of carbonyl (C=O) groups excluding carboxylic acids is 1. The molecule has 1 atom stereocenters. The summed E-state index contributed by atoms with van der Waals surface area (Å²) in [6.07, 6.45) is 0. The van der Waals surface area contributed by atoms with Gasteiger partial charge in [0.25, 0.3) is 0 Å². The van der Waals surface area contributed by atoms with E-state index in [9.17, 15) is 4.79 Å². The van der Waals surface area contributed by atoms with E-state index in [1.165, 1.54) is 18.9 Å². The molecule has 3 aromatic carbocycles. The number of anilines is 2. The molecule has 5 rings (SSSR count). The fourth-order valence-electron chi connectivity index (χ4n) is 3.90. The third-order valence-electron chi connectivity index (χ3n) is 5.28. The zero-order chi connectivity index (χ0) is 21.4. The fraction of sp³-hybridized carbons (Fsp3) is 0.125. The number of nitrogens with zero attached hydrogens (tertiary/aromatic N) is 4. The van der Waals surface area contributed by atoms with Crippen LogP contribution in [0, 0.1) is 0 Å². The first-order valence-corrected chi connectivity index (χ1v) is 10.7. The summed E-state index contributed by atoms with van der Waals surface area (Å²) in [5.74, 6) is -0.473. The van der Waals surface area contributed by atoms with Gasteiger partial charge in [-0.15, -0.1) is 0 Å². The minimum atomic E-state index is -0.928. The molecule has 0 amide bonds. The highest BCUT2D eigenvalue weighted by Gasteiger charge is 2.56. The summed E-state index contributed by atoms with van der Waals surface area (Å²) in [6, 6.07) is 27.9. The van der Waals surface area contributed by atoms with Crippen LogP contribution in [0.3, 0.4) is 0 Å². The van der Waals surface area contributed by atoms with Gasteiger partial charge in [-0.05, 0) is 43.0 Å². The highest BCUT2D eigenvalue weighted by Crippen LogP contribution is 2.54. The lowest BCUT2D eigenvalue weighted by atomic mass is 9.98. The molecule has 0 radical (unpaired) electrons. The molecule has 7 heteroatoms. The van der Waals surface area contributed by atoms with Gasteiger partial charge in [0, 0.05) is 11.1 Å². The number of hydrazone groups is 2. The maximum absolute atomic E-state index is 12.6. The van der Waals surface area contributed by atoms with Gasteiger partial charge in [0.05, 0.1) is 24.2 Å². The second-order valence-electron chi connectivity index (χ2n) is 7.13. The van der Waals surface area contributed by atoms with E-state index in [2.05, 4.69) is 12.1 Å². The number of rotatable bonds is 3. The second kappa shape index (κ2) is 7.59. The Labute approximate surface area is 184 Å². The maximum Gasteiger partial charge on any atom is 0.365 e. The van der Waals surface area contributed by atoms with Crippen LogP contribution in [0.1, 0.15) is 18.1 Å². The number of esters is 1. The number of fused-ring (bicyclic) bond motifs is 2. The standard InChI is InChI=1S/C24H20N4O2S/c1-17-20-15-9-10-16-21(20)24(27(25-17)18-11-5-3-6-12-18)28(19-13-7-4-8-14-19)26-22(31-24)23(29)30-2/h3-16H,1-2H3/t24-/m1/s1. The Morgan fingerprint density at radius 2 is 1.39 bits per heavy atom. The number of carbonyl (C=O) groups is 1. The monoisotopic (exact) mass is 428 g/mol. The van der Waals surface area contributed by atoms with E-state index in [-0.39, 0.29) is 5.04 Å². The van der Waals surface area contributed by atoms with Crippen LogP contribution in [0.4, 0.5) is 11.4 Å². The zero-order valence-electron chi connectivity index (χ0n) is 17.1. The first-order chi connectivity index (χ1) is 15.1. The van der Waals surface area contributed by atoms with Gasteiger partial charge in [-0.25, -0.2) is 14.8 Å². The van der Waals surface area contributed by atoms with Crippen molar-refractivity contribution in [3.63, 3.8) is 0 Å². The lowest BCUT2D eigenvalue weighted by molar-refractivity contribution is -0.132. The Hall–Kier alpha value is -3.58. The van der Waals surface area contributed by atoms with E-state index >= 15 is 0 Å². The molecule has 0 N–H and O–H groups in total. The van der Waals surface area contributed by atoms with E-state index < -0.39 is 11.0 Å². The molecule has 0 unspecified atom stereocenters. The minimum Gasteiger partial charge on any atom is -0.464 e. The molecular formula is C24H20N4O2S. The van der Waals surface area contributed by atoms with Gasteiger partial charge in [-0.1, -0.05) is 60.7 Å². The Balaban J connectivity index is 1.80. The van der Waals surface area contributed by atoms with Gasteiger partial charge < -0.3 is 4.74 Å². The highest BCUT2D eigenvalue weighted by atomic mass is 32.2. The average molecular weight is 429 g/mol. The molecule has 31 heavy (non-hydrogen) atoms. The van der Waals surface area contributed by atoms with Crippen molar-refractivity contribution in [3.8, 4) is 0 Å². The molecule has 3 aromatic rings. The van der Waals surface area contributed by atoms with E-state index in [1.807, 2.05) is 89.7 Å². The zero-order valence-corrected chi connectivity index (χ0v) is 17.9. The molecule has 0 saturated heterocycles. The predicted molar refractivity (Wildman–Crippen MR) is 125 cm³/mol. The molecule has 0 fully saturated rings. The number of methoxy groups -OCH3 is 1. The summed E-state index contributed by atoms with van der Waals surface area (Å²) in [4.78, 5) is 11.7. The Morgan fingerprint density at radius 3 is 2.00 bits per heavy atom. The molecule has 0 saturated carbocycles. The van der Waals surface area contributed by atoms with Crippen LogP contribution in [0.15, 0.2) is 95.1 Å². The van der Waals surface area contributed by atoms with Crippen LogP contribution in [0.2, 0.25) is 0 Å². The largest absolute Gasteiger partial charge is 0.464 e. The number of hydrogen-bond acceptors (Lipinski definition) is 7. The number of benzene rings is 3. The molecule has 2 aliphatic heterocycles. The predicted octanol–water partition coefficient (Wildman–Crippen LogP) is 4.78. The van der Waals surface area contributed by atoms with Gasteiger partial charge in [-0.2, -0.15) is 10.2 Å². The van der Waals surface area contributed by atoms with Gasteiger partial charge in [0.15, 0.2) is 0 Å². The molecule has 0 bridgehead atoms. The second-order valence-corrected chi connectivity index (χ2v) is 8.29. The molecule has 2 aliphatic rings. The number of thioether (sulfide) groups is 1. The minimum absolute atomic E-state index is 0.275. The maximum atomic E-state index is 12.6. The van der Waals surface area contributed by atoms with Crippen molar-refractivity contribution in [1.82, 2.24) is 0 Å². The third-order valence-corrected chi connectivity index (χ3v) is 6.58. The van der Waals surface area contributed by atoms with E-state index in [4.69, 9.17) is 14.9 Å². The Morgan fingerprint density at radius 1 is 0.839 bits per heavy atom. The van der Waals surface area contributed by atoms with Crippen LogP contribution in [0.5, 0.6) is 0 Å². The number of ether oxygens (including phenoxy) is 1. The van der Waals surface area contributed by atoms with Crippen LogP contribution in [-0.4, -0.2) is 23.8 Å². The van der Waals surface area contributed by atoms with Gasteiger partial charge in [0.2, 0.25) is 10.0 Å². The van der Waals surface area contributed by atoms with Crippen molar-refractivity contribution in [1.29, 1.82) is 0 Å². The van der Waals surface area contributed by atoms with Gasteiger partial charge >= 0.3 is 5.97 Å². The molecule has 0 aliphatic carbocycles. The lowest BCUT2D eigenvalue weighted by Crippen LogP contribution is -2.53. The topological polar surface area (TPSA) is 57.5 Å². The fourth-order valence-corrected chi connectivity index (χ4v) is 5.21. The van der Waals surface area contributed by atoms with Crippen molar-refractivity contribution in [2.24, 2.45) is 10.2 Å². The molecule has 0 aromatic heterocycles. The molecule has 154 valence electrons. The summed E-state index contributed by atoms with van der Waals surface area (Å²) in [6.45, 7) is 2.00. The van der Waals surface area contributed by atoms with Crippen molar-refractivity contribution >= 4 is 39.9 Å². The molecule has 1 spiro atoms. The van der Waals surface area contributed by atoms with Crippen molar-refractivity contribution < 1.29 is 9.53 Å². The Bertz CT molecular complexity index is 1200. The summed E-state index contributed by atoms with van der Waals surface area (Å²) < 4.78 is 5.03. The van der Waals surface area contributed by atoms with Gasteiger partial charge in [0.1, 0.15) is 0 Å². The quantitative estimate of drug-likeness (QED) is 0.562. The SMILES string of the molecule is COC(=O)C1=NN(c2ccccc2)[C@@]2(S1)c1ccccc1C(C)=NN2c1ccccc1. The highest BCUT2D eigenvalue weighted by molar-refractivity contribution is 8.16. The molecule has 6 nitrogen and oxygen atoms in total. The van der Waals surface area contributed by atoms with Crippen LogP contribution < -0.4 is 10.0 Å². The average Bonchev–Trinajstić information content (AvgIpc) is 3.23. The first kappa shape index (κ1) is 19.4. The smallest absolute Gasteiger partial charge is 0.365 e. The van der Waals surface area contributed by atoms with E-state index in [1.54, 1.807) is 0 Å². The molecule has 2 heterocycles. The summed E-state index contributed by atoms with van der Waals surface area (Å²) >= 11 is 1.34. The van der Waals surface area contributed by atoms with Crippen LogP contribution in [-0.2, 0) is 14.5 Å². The van der Waals surface area contributed by atoms with E-state index in [0.29, 0.717) is 0 Å². The number of hydrogen-bond donors (Lipinski definition) is 0. The summed E-state index contributed by atoms with van der Waals surface area (Å²) in [5, 5.41) is 13.8. The van der Waals surface area contributed by atoms with Crippen LogP contribution in [0.25, 0.3) is 0 Å². The molecular weight excluding hydrogens is 408 g/mol. The first-order valence-electron chi connectivity index (χ1n) is 9.87. The van der Waals surface area contributed by atoms with Crippen molar-refractivity contribution in [2.45, 2.75) is 11.9 Å². The number of para-hydroxylation sites is 2.